The highest BCUT2D eigenvalue weighted by Gasteiger charge is 2.18. The molecule has 1 heterocycles. The molecule has 0 N–H and O–H groups in total. The van der Waals surface area contributed by atoms with Crippen LogP contribution < -0.4 is 0 Å². The van der Waals surface area contributed by atoms with Crippen molar-refractivity contribution in [1.29, 1.82) is 0 Å². The number of nitrogens with zero attached hydrogens (tertiary/aromatic N) is 2. The lowest BCUT2D eigenvalue weighted by Crippen LogP contribution is -2.13. The summed E-state index contributed by atoms with van der Waals surface area (Å²) in [7, 11) is 0. The number of hydrogen-bond acceptors (Lipinski definition) is 2. The zero-order valence-corrected chi connectivity index (χ0v) is 14.9. The van der Waals surface area contributed by atoms with E-state index in [4.69, 9.17) is 11.6 Å². The van der Waals surface area contributed by atoms with Crippen LogP contribution in [0.2, 0.25) is 5.02 Å². The molecule has 1 aromatic carbocycles. The monoisotopic (exact) mass is 338 g/mol. The summed E-state index contributed by atoms with van der Waals surface area (Å²) in [4.78, 5) is 8.84. The van der Waals surface area contributed by atoms with E-state index < -0.39 is 0 Å². The van der Waals surface area contributed by atoms with E-state index in [0.29, 0.717) is 11.7 Å². The van der Waals surface area contributed by atoms with Crippen molar-refractivity contribution in [3.8, 4) is 23.2 Å². The predicted molar refractivity (Wildman–Crippen MR) is 99.7 cm³/mol. The third-order valence-electron chi connectivity index (χ3n) is 4.72. The molecule has 2 nitrogen and oxygen atoms in total. The van der Waals surface area contributed by atoms with Crippen molar-refractivity contribution in [2.45, 2.75) is 45.4 Å². The fourth-order valence-corrected chi connectivity index (χ4v) is 3.46. The summed E-state index contributed by atoms with van der Waals surface area (Å²) >= 11 is 5.91. The first-order valence-corrected chi connectivity index (χ1v) is 9.22. The van der Waals surface area contributed by atoms with Crippen LogP contribution in [0.15, 0.2) is 36.7 Å². The van der Waals surface area contributed by atoms with E-state index in [0.717, 1.165) is 22.1 Å². The molecule has 0 spiro atoms. The molecule has 0 bridgehead atoms. The summed E-state index contributed by atoms with van der Waals surface area (Å²) in [6, 6.07) is 7.56. The molecule has 2 aromatic rings. The van der Waals surface area contributed by atoms with Crippen molar-refractivity contribution in [2.24, 2.45) is 11.8 Å². The molecule has 0 aliphatic heterocycles. The average molecular weight is 339 g/mol. The Morgan fingerprint density at radius 3 is 2.33 bits per heavy atom. The van der Waals surface area contributed by atoms with Gasteiger partial charge in [-0.25, -0.2) is 9.97 Å². The summed E-state index contributed by atoms with van der Waals surface area (Å²) < 4.78 is 0. The van der Waals surface area contributed by atoms with Crippen LogP contribution in [-0.4, -0.2) is 9.97 Å². The molecule has 0 unspecified atom stereocenters. The van der Waals surface area contributed by atoms with Crippen molar-refractivity contribution in [3.63, 3.8) is 0 Å². The molecule has 1 saturated carbocycles. The Balaban J connectivity index is 1.60. The van der Waals surface area contributed by atoms with Gasteiger partial charge in [0.25, 0.3) is 0 Å². The SMILES string of the molecule is CCCC1CCC(C#Cc2cnc(-c3ccc(Cl)cc3)nc2)CC1. The molecule has 124 valence electrons. The maximum atomic E-state index is 5.91. The van der Waals surface area contributed by atoms with Crippen LogP contribution in [0.3, 0.4) is 0 Å². The molecule has 1 aliphatic carbocycles. The van der Waals surface area contributed by atoms with Crippen LogP contribution >= 0.6 is 11.6 Å². The van der Waals surface area contributed by atoms with Gasteiger partial charge in [0.15, 0.2) is 5.82 Å². The highest BCUT2D eigenvalue weighted by atomic mass is 35.5. The van der Waals surface area contributed by atoms with Gasteiger partial charge in [-0.2, -0.15) is 0 Å². The Bertz CT molecular complexity index is 702. The van der Waals surface area contributed by atoms with E-state index in [1.54, 1.807) is 0 Å². The minimum atomic E-state index is 0.536. The van der Waals surface area contributed by atoms with Crippen LogP contribution in [0.4, 0.5) is 0 Å². The summed E-state index contributed by atoms with van der Waals surface area (Å²) in [6.45, 7) is 2.28. The number of aromatic nitrogens is 2. The van der Waals surface area contributed by atoms with Gasteiger partial charge >= 0.3 is 0 Å². The molecule has 3 heteroatoms. The summed E-state index contributed by atoms with van der Waals surface area (Å²) in [6.07, 6.45) is 11.4. The minimum absolute atomic E-state index is 0.536. The first-order valence-electron chi connectivity index (χ1n) is 8.84. The molecule has 0 radical (unpaired) electrons. The highest BCUT2D eigenvalue weighted by molar-refractivity contribution is 6.30. The lowest BCUT2D eigenvalue weighted by Gasteiger charge is -2.25. The molecule has 0 amide bonds. The predicted octanol–water partition coefficient (Wildman–Crippen LogP) is 5.76. The van der Waals surface area contributed by atoms with Crippen molar-refractivity contribution in [3.05, 3.63) is 47.2 Å². The minimum Gasteiger partial charge on any atom is -0.235 e. The second-order valence-electron chi connectivity index (χ2n) is 6.58. The number of benzene rings is 1. The molecular formula is C21H23ClN2. The third-order valence-corrected chi connectivity index (χ3v) is 4.97. The Morgan fingerprint density at radius 2 is 1.71 bits per heavy atom. The smallest absolute Gasteiger partial charge is 0.159 e. The van der Waals surface area contributed by atoms with Crippen molar-refractivity contribution >= 4 is 11.6 Å². The summed E-state index contributed by atoms with van der Waals surface area (Å²) in [5.41, 5.74) is 1.86. The fraction of sp³-hybridized carbons (Fsp3) is 0.429. The largest absolute Gasteiger partial charge is 0.235 e. The average Bonchev–Trinajstić information content (AvgIpc) is 2.63. The topological polar surface area (TPSA) is 25.8 Å². The maximum Gasteiger partial charge on any atom is 0.159 e. The first kappa shape index (κ1) is 17.0. The molecule has 3 rings (SSSR count). The molecule has 0 atom stereocenters. The van der Waals surface area contributed by atoms with Gasteiger partial charge in [-0.05, 0) is 55.9 Å². The maximum absolute atomic E-state index is 5.91. The lowest BCUT2D eigenvalue weighted by atomic mass is 9.80. The van der Waals surface area contributed by atoms with Gasteiger partial charge in [0.1, 0.15) is 0 Å². The molecule has 0 saturated heterocycles. The van der Waals surface area contributed by atoms with Gasteiger partial charge in [0, 0.05) is 28.9 Å². The van der Waals surface area contributed by atoms with Crippen molar-refractivity contribution < 1.29 is 0 Å². The van der Waals surface area contributed by atoms with Crippen molar-refractivity contribution in [2.75, 3.05) is 0 Å². The van der Waals surface area contributed by atoms with E-state index in [1.807, 2.05) is 36.7 Å². The summed E-state index contributed by atoms with van der Waals surface area (Å²) in [5.74, 6) is 8.84. The van der Waals surface area contributed by atoms with Crippen LogP contribution in [-0.2, 0) is 0 Å². The molecule has 1 aliphatic rings. The second kappa shape index (κ2) is 8.31. The van der Waals surface area contributed by atoms with Crippen molar-refractivity contribution in [1.82, 2.24) is 9.97 Å². The molecular weight excluding hydrogens is 316 g/mol. The third kappa shape index (κ3) is 4.58. The van der Waals surface area contributed by atoms with Crippen LogP contribution in [0.25, 0.3) is 11.4 Å². The second-order valence-corrected chi connectivity index (χ2v) is 7.01. The van der Waals surface area contributed by atoms with Crippen LogP contribution in [0.5, 0.6) is 0 Å². The molecule has 24 heavy (non-hydrogen) atoms. The zero-order chi connectivity index (χ0) is 16.8. The van der Waals surface area contributed by atoms with E-state index in [2.05, 4.69) is 28.7 Å². The number of rotatable bonds is 3. The Kier molecular flexibility index (Phi) is 5.88. The standard InChI is InChI=1S/C21H23ClN2/c1-2-3-16-4-6-17(7-5-16)8-9-18-14-23-21(24-15-18)19-10-12-20(22)13-11-19/h10-17H,2-7H2,1H3. The number of hydrogen-bond donors (Lipinski definition) is 0. The van der Waals surface area contributed by atoms with Crippen LogP contribution in [0.1, 0.15) is 51.0 Å². The van der Waals surface area contributed by atoms with E-state index in [1.165, 1.54) is 38.5 Å². The van der Waals surface area contributed by atoms with Gasteiger partial charge in [-0.15, -0.1) is 0 Å². The first-order chi connectivity index (χ1) is 11.7. The fourth-order valence-electron chi connectivity index (χ4n) is 3.33. The highest BCUT2D eigenvalue weighted by Crippen LogP contribution is 2.31. The van der Waals surface area contributed by atoms with Gasteiger partial charge < -0.3 is 0 Å². The van der Waals surface area contributed by atoms with Gasteiger partial charge in [0.05, 0.1) is 5.56 Å². The van der Waals surface area contributed by atoms with E-state index in [9.17, 15) is 0 Å². The summed E-state index contributed by atoms with van der Waals surface area (Å²) in [5, 5.41) is 0.717. The Labute approximate surface area is 149 Å². The van der Waals surface area contributed by atoms with Gasteiger partial charge in [-0.1, -0.05) is 43.2 Å². The van der Waals surface area contributed by atoms with E-state index >= 15 is 0 Å². The molecule has 1 fully saturated rings. The quantitative estimate of drug-likeness (QED) is 0.665. The van der Waals surface area contributed by atoms with Gasteiger partial charge in [0.2, 0.25) is 0 Å². The normalized spacial score (nSPS) is 20.2. The Morgan fingerprint density at radius 1 is 1.04 bits per heavy atom. The van der Waals surface area contributed by atoms with E-state index in [-0.39, 0.29) is 0 Å². The zero-order valence-electron chi connectivity index (χ0n) is 14.1. The lowest BCUT2D eigenvalue weighted by molar-refractivity contribution is 0.300. The number of halogens is 1. The van der Waals surface area contributed by atoms with Crippen LogP contribution in [0, 0.1) is 23.7 Å². The Hall–Kier alpha value is -1.85. The molecule has 1 aromatic heterocycles. The van der Waals surface area contributed by atoms with Gasteiger partial charge in [-0.3, -0.25) is 0 Å².